The first-order valence-corrected chi connectivity index (χ1v) is 14.8. The van der Waals surface area contributed by atoms with Gasteiger partial charge in [-0.25, -0.2) is 4.79 Å². The van der Waals surface area contributed by atoms with Crippen molar-refractivity contribution in [2.24, 2.45) is 29.4 Å². The van der Waals surface area contributed by atoms with Crippen molar-refractivity contribution in [3.05, 3.63) is 35.4 Å². The SMILES string of the molecule is CC(C)[C@H]1CCN(C(=O)[C@@H](NC(=O)OC(C)(C)C)C2Cc3ccccc3C2)[C@@H]1C(=O)NC(CC1CC1)C(=O)C(N)=O. The number of hydrogen-bond donors (Lipinski definition) is 3. The number of amides is 4. The molecule has 4 amide bonds. The number of benzene rings is 1. The van der Waals surface area contributed by atoms with Crippen molar-refractivity contribution in [3.63, 3.8) is 0 Å². The molecule has 4 N–H and O–H groups in total. The van der Waals surface area contributed by atoms with Gasteiger partial charge in [-0.2, -0.15) is 0 Å². The molecule has 1 aliphatic heterocycles. The molecule has 1 saturated carbocycles. The highest BCUT2D eigenvalue weighted by Gasteiger charge is 2.48. The van der Waals surface area contributed by atoms with Gasteiger partial charge in [-0.05, 0) is 81.3 Å². The van der Waals surface area contributed by atoms with Gasteiger partial charge in [-0.1, -0.05) is 51.0 Å². The van der Waals surface area contributed by atoms with Gasteiger partial charge in [-0.15, -0.1) is 0 Å². The van der Waals surface area contributed by atoms with Gasteiger partial charge in [0.25, 0.3) is 5.91 Å². The molecule has 4 atom stereocenters. The molecule has 41 heavy (non-hydrogen) atoms. The molecule has 0 spiro atoms. The van der Waals surface area contributed by atoms with Crippen LogP contribution in [-0.4, -0.2) is 64.8 Å². The predicted octanol–water partition coefficient (Wildman–Crippen LogP) is 2.51. The molecule has 1 unspecified atom stereocenters. The second-order valence-electron chi connectivity index (χ2n) is 13.2. The van der Waals surface area contributed by atoms with Crippen LogP contribution in [0.4, 0.5) is 4.79 Å². The maximum atomic E-state index is 14.3. The fraction of sp³-hybridized carbons (Fsp3) is 0.645. The number of nitrogens with zero attached hydrogens (tertiary/aromatic N) is 1. The maximum absolute atomic E-state index is 14.3. The van der Waals surface area contributed by atoms with E-state index >= 15 is 0 Å². The Labute approximate surface area is 242 Å². The monoisotopic (exact) mass is 568 g/mol. The lowest BCUT2D eigenvalue weighted by molar-refractivity contribution is -0.144. The lowest BCUT2D eigenvalue weighted by atomic mass is 9.87. The van der Waals surface area contributed by atoms with Crippen LogP contribution in [-0.2, 0) is 36.8 Å². The van der Waals surface area contributed by atoms with E-state index < -0.39 is 47.4 Å². The molecule has 10 heteroatoms. The predicted molar refractivity (Wildman–Crippen MR) is 152 cm³/mol. The number of rotatable bonds is 10. The van der Waals surface area contributed by atoms with Crippen molar-refractivity contribution in [2.75, 3.05) is 6.54 Å². The van der Waals surface area contributed by atoms with Crippen molar-refractivity contribution in [1.82, 2.24) is 15.5 Å². The Hall–Kier alpha value is -3.43. The van der Waals surface area contributed by atoms with Gasteiger partial charge in [0.15, 0.2) is 0 Å². The fourth-order valence-corrected chi connectivity index (χ4v) is 6.27. The molecular formula is C31H44N4O6. The molecule has 3 aliphatic rings. The molecule has 1 aromatic carbocycles. The summed E-state index contributed by atoms with van der Waals surface area (Å²) in [6, 6.07) is 5.20. The number of primary amides is 1. The zero-order chi connectivity index (χ0) is 30.1. The number of nitrogens with one attached hydrogen (secondary N) is 2. The molecule has 0 aromatic heterocycles. The van der Waals surface area contributed by atoms with Gasteiger partial charge in [0.05, 0.1) is 6.04 Å². The molecule has 1 saturated heterocycles. The summed E-state index contributed by atoms with van der Waals surface area (Å²) >= 11 is 0. The Morgan fingerprint density at radius 3 is 2.12 bits per heavy atom. The Bertz CT molecular complexity index is 1160. The van der Waals surface area contributed by atoms with Crippen LogP contribution in [0.5, 0.6) is 0 Å². The second kappa shape index (κ2) is 12.2. The van der Waals surface area contributed by atoms with Crippen LogP contribution in [0.25, 0.3) is 0 Å². The van der Waals surface area contributed by atoms with E-state index in [1.165, 1.54) is 0 Å². The molecule has 0 radical (unpaired) electrons. The number of fused-ring (bicyclic) bond motifs is 1. The van der Waals surface area contributed by atoms with Gasteiger partial charge in [0.2, 0.25) is 17.6 Å². The fourth-order valence-electron chi connectivity index (χ4n) is 6.27. The third kappa shape index (κ3) is 7.45. The van der Waals surface area contributed by atoms with Crippen molar-refractivity contribution >= 4 is 29.6 Å². The number of alkyl carbamates (subject to hydrolysis) is 1. The first kappa shape index (κ1) is 30.5. The number of carbonyl (C=O) groups is 5. The Morgan fingerprint density at radius 1 is 1.00 bits per heavy atom. The topological polar surface area (TPSA) is 148 Å². The van der Waals surface area contributed by atoms with E-state index in [1.54, 1.807) is 25.7 Å². The first-order valence-electron chi connectivity index (χ1n) is 14.8. The summed E-state index contributed by atoms with van der Waals surface area (Å²) in [7, 11) is 0. The molecule has 0 bridgehead atoms. The van der Waals surface area contributed by atoms with Crippen LogP contribution in [0.1, 0.15) is 71.4 Å². The van der Waals surface area contributed by atoms with Gasteiger partial charge >= 0.3 is 6.09 Å². The summed E-state index contributed by atoms with van der Waals surface area (Å²) in [5.41, 5.74) is 6.80. The highest BCUT2D eigenvalue weighted by Crippen LogP contribution is 2.36. The van der Waals surface area contributed by atoms with Crippen LogP contribution in [0.2, 0.25) is 0 Å². The summed E-state index contributed by atoms with van der Waals surface area (Å²) in [6.45, 7) is 9.61. The Balaban J connectivity index is 1.60. The largest absolute Gasteiger partial charge is 0.444 e. The minimum atomic E-state index is -1.09. The molecular weight excluding hydrogens is 524 g/mol. The number of likely N-dealkylation sites (tertiary alicyclic amines) is 1. The van der Waals surface area contributed by atoms with E-state index in [9.17, 15) is 24.0 Å². The summed E-state index contributed by atoms with van der Waals surface area (Å²) in [6.07, 6.45) is 3.34. The van der Waals surface area contributed by atoms with Crippen LogP contribution in [0, 0.1) is 23.7 Å². The zero-order valence-corrected chi connectivity index (χ0v) is 24.8. The van der Waals surface area contributed by atoms with E-state index in [0.29, 0.717) is 32.2 Å². The molecule has 4 rings (SSSR count). The lowest BCUT2D eigenvalue weighted by Gasteiger charge is -2.34. The molecule has 1 heterocycles. The molecule has 2 fully saturated rings. The summed E-state index contributed by atoms with van der Waals surface area (Å²) in [5.74, 6) is -2.77. The Morgan fingerprint density at radius 2 is 1.61 bits per heavy atom. The number of hydrogen-bond acceptors (Lipinski definition) is 6. The van der Waals surface area contributed by atoms with Crippen molar-refractivity contribution in [2.45, 2.75) is 96.9 Å². The summed E-state index contributed by atoms with van der Waals surface area (Å²) in [5, 5.41) is 5.62. The smallest absolute Gasteiger partial charge is 0.408 e. The van der Waals surface area contributed by atoms with Crippen molar-refractivity contribution < 1.29 is 28.7 Å². The van der Waals surface area contributed by atoms with Crippen molar-refractivity contribution in [1.29, 1.82) is 0 Å². The molecule has 1 aromatic rings. The molecule has 224 valence electrons. The van der Waals surface area contributed by atoms with E-state index in [1.807, 2.05) is 38.1 Å². The van der Waals surface area contributed by atoms with Crippen LogP contribution >= 0.6 is 0 Å². The number of nitrogens with two attached hydrogens (primary N) is 1. The maximum Gasteiger partial charge on any atom is 0.408 e. The third-order valence-corrected chi connectivity index (χ3v) is 8.49. The highest BCUT2D eigenvalue weighted by molar-refractivity contribution is 6.37. The van der Waals surface area contributed by atoms with Gasteiger partial charge in [-0.3, -0.25) is 19.2 Å². The zero-order valence-electron chi connectivity index (χ0n) is 24.8. The third-order valence-electron chi connectivity index (χ3n) is 8.49. The van der Waals surface area contributed by atoms with E-state index in [4.69, 9.17) is 10.5 Å². The average molecular weight is 569 g/mol. The summed E-state index contributed by atoms with van der Waals surface area (Å²) in [4.78, 5) is 66.9. The van der Waals surface area contributed by atoms with E-state index in [0.717, 1.165) is 24.0 Å². The second-order valence-corrected chi connectivity index (χ2v) is 13.2. The molecule has 10 nitrogen and oxygen atoms in total. The van der Waals surface area contributed by atoms with Crippen LogP contribution in [0.3, 0.4) is 0 Å². The van der Waals surface area contributed by atoms with Gasteiger partial charge in [0.1, 0.15) is 17.7 Å². The quantitative estimate of drug-likeness (QED) is 0.370. The van der Waals surface area contributed by atoms with Crippen molar-refractivity contribution in [3.8, 4) is 0 Å². The standard InChI is InChI=1S/C31H44N4O6/c1-17(2)22-12-13-35(25(22)28(38)33-23(14-18-10-11-18)26(36)27(32)37)29(39)24(34-30(40)41-31(3,4)5)21-15-19-8-6-7-9-20(19)16-21/h6-9,17-18,21-25H,10-16H2,1-5H3,(H2,32,37)(H,33,38)(H,34,40)/t22-,23?,24+,25+/m1/s1. The minimum Gasteiger partial charge on any atom is -0.444 e. The highest BCUT2D eigenvalue weighted by atomic mass is 16.6. The number of ketones is 1. The first-order chi connectivity index (χ1) is 19.2. The van der Waals surface area contributed by atoms with Crippen LogP contribution < -0.4 is 16.4 Å². The number of Topliss-reactive ketones (excluding diaryl/α,β-unsaturated/α-hetero) is 1. The average Bonchev–Trinajstić information content (AvgIpc) is 3.42. The lowest BCUT2D eigenvalue weighted by Crippen LogP contribution is -2.59. The summed E-state index contributed by atoms with van der Waals surface area (Å²) < 4.78 is 5.51. The van der Waals surface area contributed by atoms with E-state index in [-0.39, 0.29) is 29.6 Å². The Kier molecular flexibility index (Phi) is 9.09. The minimum absolute atomic E-state index is 0.0743. The number of carbonyl (C=O) groups excluding carboxylic acids is 5. The van der Waals surface area contributed by atoms with Gasteiger partial charge in [0, 0.05) is 6.54 Å². The number of ether oxygens (including phenoxy) is 1. The van der Waals surface area contributed by atoms with Crippen LogP contribution in [0.15, 0.2) is 24.3 Å². The molecule has 2 aliphatic carbocycles. The van der Waals surface area contributed by atoms with E-state index in [2.05, 4.69) is 10.6 Å². The normalized spacial score (nSPS) is 22.1. The van der Waals surface area contributed by atoms with Gasteiger partial charge < -0.3 is 26.0 Å².